The monoisotopic (exact) mass is 344 g/mol. The molecule has 2 amide bonds. The number of carbonyl (C=O) groups excluding carboxylic acids is 1. The summed E-state index contributed by atoms with van der Waals surface area (Å²) in [4.78, 5) is 12.3. The molecule has 3 aliphatic carbocycles. The van der Waals surface area contributed by atoms with Crippen LogP contribution >= 0.6 is 0 Å². The van der Waals surface area contributed by atoms with Crippen molar-refractivity contribution in [1.82, 2.24) is 10.6 Å². The Labute approximate surface area is 149 Å². The molecule has 2 N–H and O–H groups in total. The fraction of sp³-hybridized carbons (Fsp3) is 0.650. The average molecular weight is 344 g/mol. The molecule has 0 spiro atoms. The number of hydrogen-bond acceptors (Lipinski definition) is 3. The first kappa shape index (κ1) is 16.6. The van der Waals surface area contributed by atoms with E-state index in [9.17, 15) is 4.79 Å². The second-order valence-electron chi connectivity index (χ2n) is 7.78. The number of carbonyl (C=O) groups is 1. The fourth-order valence-electron chi connectivity index (χ4n) is 5.63. The topological polar surface area (TPSA) is 59.6 Å². The van der Waals surface area contributed by atoms with Gasteiger partial charge in [0.05, 0.1) is 14.2 Å². The van der Waals surface area contributed by atoms with Crippen molar-refractivity contribution in [3.63, 3.8) is 0 Å². The summed E-state index contributed by atoms with van der Waals surface area (Å²) in [6, 6.07) is 6.03. The maximum Gasteiger partial charge on any atom is 0.315 e. The Morgan fingerprint density at radius 1 is 1.08 bits per heavy atom. The summed E-state index contributed by atoms with van der Waals surface area (Å²) < 4.78 is 10.6. The molecule has 3 fully saturated rings. The largest absolute Gasteiger partial charge is 0.493 e. The molecule has 5 heteroatoms. The number of hydrogen-bond donors (Lipinski definition) is 2. The molecule has 5 atom stereocenters. The van der Waals surface area contributed by atoms with Gasteiger partial charge >= 0.3 is 6.03 Å². The van der Waals surface area contributed by atoms with E-state index in [0.717, 1.165) is 23.3 Å². The van der Waals surface area contributed by atoms with Crippen LogP contribution in [0.5, 0.6) is 11.5 Å². The minimum atomic E-state index is -0.0538. The molecular formula is C20H28N2O3. The van der Waals surface area contributed by atoms with Crippen molar-refractivity contribution in [3.05, 3.63) is 23.8 Å². The number of nitrogens with one attached hydrogen (secondary N) is 2. The zero-order valence-corrected chi connectivity index (χ0v) is 15.1. The molecule has 1 aromatic carbocycles. The normalized spacial score (nSPS) is 32.3. The van der Waals surface area contributed by atoms with E-state index in [1.165, 1.54) is 32.1 Å². The van der Waals surface area contributed by atoms with E-state index >= 15 is 0 Å². The van der Waals surface area contributed by atoms with Crippen molar-refractivity contribution in [2.75, 3.05) is 14.2 Å². The number of amides is 2. The van der Waals surface area contributed by atoms with Gasteiger partial charge in [0.15, 0.2) is 11.5 Å². The Hall–Kier alpha value is -1.91. The van der Waals surface area contributed by atoms with Crippen LogP contribution in [0.15, 0.2) is 18.2 Å². The third-order valence-electron chi connectivity index (χ3n) is 6.65. The standard InChI is InChI=1S/C20H28N2O3/c1-24-18-7-6-12(8-19(18)25-2)11-21-20(23)22-17-10-13-9-16(17)15-5-3-4-14(13)15/h6-8,13-17H,3-5,9-11H2,1-2H3,(H2,21,22,23). The molecule has 2 bridgehead atoms. The van der Waals surface area contributed by atoms with Crippen molar-refractivity contribution in [2.24, 2.45) is 23.7 Å². The van der Waals surface area contributed by atoms with Gasteiger partial charge in [-0.05, 0) is 67.1 Å². The number of benzene rings is 1. The highest BCUT2D eigenvalue weighted by molar-refractivity contribution is 5.74. The molecule has 1 aromatic rings. The van der Waals surface area contributed by atoms with E-state index in [4.69, 9.17) is 9.47 Å². The van der Waals surface area contributed by atoms with Crippen molar-refractivity contribution in [3.8, 4) is 11.5 Å². The molecule has 5 unspecified atom stereocenters. The quantitative estimate of drug-likeness (QED) is 0.861. The number of fused-ring (bicyclic) bond motifs is 5. The molecule has 25 heavy (non-hydrogen) atoms. The molecule has 0 aliphatic heterocycles. The highest BCUT2D eigenvalue weighted by Crippen LogP contribution is 2.58. The van der Waals surface area contributed by atoms with Crippen LogP contribution in [0.3, 0.4) is 0 Å². The Morgan fingerprint density at radius 3 is 2.68 bits per heavy atom. The molecule has 4 rings (SSSR count). The van der Waals surface area contributed by atoms with Crippen LogP contribution in [-0.2, 0) is 6.54 Å². The van der Waals surface area contributed by atoms with Crippen LogP contribution in [0, 0.1) is 23.7 Å². The maximum atomic E-state index is 12.3. The van der Waals surface area contributed by atoms with Crippen LogP contribution in [0.2, 0.25) is 0 Å². The summed E-state index contributed by atoms with van der Waals surface area (Å²) in [7, 11) is 3.24. The fourth-order valence-corrected chi connectivity index (χ4v) is 5.63. The summed E-state index contributed by atoms with van der Waals surface area (Å²) >= 11 is 0. The summed E-state index contributed by atoms with van der Waals surface area (Å²) in [5.74, 6) is 4.78. The van der Waals surface area contributed by atoms with Crippen molar-refractivity contribution in [2.45, 2.75) is 44.7 Å². The molecule has 0 saturated heterocycles. The summed E-state index contributed by atoms with van der Waals surface area (Å²) in [6.07, 6.45) is 6.69. The third kappa shape index (κ3) is 3.05. The lowest BCUT2D eigenvalue weighted by molar-refractivity contribution is 0.197. The minimum absolute atomic E-state index is 0.0538. The van der Waals surface area contributed by atoms with Gasteiger partial charge in [-0.25, -0.2) is 4.79 Å². The van der Waals surface area contributed by atoms with Gasteiger partial charge in [0, 0.05) is 12.6 Å². The number of ether oxygens (including phenoxy) is 2. The van der Waals surface area contributed by atoms with Crippen LogP contribution in [-0.4, -0.2) is 26.3 Å². The van der Waals surface area contributed by atoms with E-state index in [-0.39, 0.29) is 6.03 Å². The predicted molar refractivity (Wildman–Crippen MR) is 95.8 cm³/mol. The lowest BCUT2D eigenvalue weighted by Crippen LogP contribution is -2.46. The van der Waals surface area contributed by atoms with Gasteiger partial charge < -0.3 is 20.1 Å². The van der Waals surface area contributed by atoms with E-state index < -0.39 is 0 Å². The maximum absolute atomic E-state index is 12.3. The van der Waals surface area contributed by atoms with E-state index in [1.807, 2.05) is 18.2 Å². The van der Waals surface area contributed by atoms with Gasteiger partial charge in [-0.3, -0.25) is 0 Å². The first-order valence-corrected chi connectivity index (χ1v) is 9.45. The van der Waals surface area contributed by atoms with E-state index in [2.05, 4.69) is 10.6 Å². The van der Waals surface area contributed by atoms with Gasteiger partial charge in [-0.2, -0.15) is 0 Å². The van der Waals surface area contributed by atoms with Gasteiger partial charge in [0.1, 0.15) is 0 Å². The lowest BCUT2D eigenvalue weighted by atomic mass is 9.79. The summed E-state index contributed by atoms with van der Waals surface area (Å²) in [5.41, 5.74) is 0.997. The smallest absolute Gasteiger partial charge is 0.315 e. The molecule has 3 saturated carbocycles. The van der Waals surface area contributed by atoms with Crippen molar-refractivity contribution in [1.29, 1.82) is 0 Å². The Morgan fingerprint density at radius 2 is 1.88 bits per heavy atom. The highest BCUT2D eigenvalue weighted by Gasteiger charge is 2.54. The van der Waals surface area contributed by atoms with Crippen molar-refractivity contribution >= 4 is 6.03 Å². The van der Waals surface area contributed by atoms with Gasteiger partial charge in [-0.1, -0.05) is 12.5 Å². The zero-order valence-electron chi connectivity index (χ0n) is 15.1. The average Bonchev–Trinajstić information content (AvgIpc) is 3.32. The molecule has 5 nitrogen and oxygen atoms in total. The van der Waals surface area contributed by atoms with Crippen LogP contribution in [0.25, 0.3) is 0 Å². The van der Waals surface area contributed by atoms with E-state index in [1.54, 1.807) is 14.2 Å². The summed E-state index contributed by atoms with van der Waals surface area (Å²) in [5, 5.41) is 6.23. The third-order valence-corrected chi connectivity index (χ3v) is 6.65. The highest BCUT2D eigenvalue weighted by atomic mass is 16.5. The Kier molecular flexibility index (Phi) is 4.48. The Bertz CT molecular complexity index is 648. The molecular weight excluding hydrogens is 316 g/mol. The molecule has 0 heterocycles. The second kappa shape index (κ2) is 6.77. The van der Waals surface area contributed by atoms with Crippen molar-refractivity contribution < 1.29 is 14.3 Å². The zero-order chi connectivity index (χ0) is 17.4. The Balaban J connectivity index is 1.30. The molecule has 0 aromatic heterocycles. The minimum Gasteiger partial charge on any atom is -0.493 e. The van der Waals surface area contributed by atoms with Gasteiger partial charge in [-0.15, -0.1) is 0 Å². The summed E-state index contributed by atoms with van der Waals surface area (Å²) in [6.45, 7) is 0.485. The SMILES string of the molecule is COc1ccc(CNC(=O)NC2CC3CC2C2CCCC32)cc1OC. The predicted octanol–water partition coefficient (Wildman–Crippen LogP) is 3.33. The van der Waals surface area contributed by atoms with Crippen LogP contribution in [0.4, 0.5) is 4.79 Å². The lowest BCUT2D eigenvalue weighted by Gasteiger charge is -2.32. The van der Waals surface area contributed by atoms with E-state index in [0.29, 0.717) is 30.0 Å². The number of urea groups is 1. The molecule has 0 radical (unpaired) electrons. The van der Waals surface area contributed by atoms with Crippen LogP contribution < -0.4 is 20.1 Å². The second-order valence-corrected chi connectivity index (χ2v) is 7.78. The number of methoxy groups -OCH3 is 2. The first-order valence-electron chi connectivity index (χ1n) is 9.45. The number of rotatable bonds is 5. The van der Waals surface area contributed by atoms with Gasteiger partial charge in [0.25, 0.3) is 0 Å². The van der Waals surface area contributed by atoms with Gasteiger partial charge in [0.2, 0.25) is 0 Å². The van der Waals surface area contributed by atoms with Crippen LogP contribution in [0.1, 0.15) is 37.7 Å². The first-order chi connectivity index (χ1) is 12.2. The molecule has 136 valence electrons. The molecule has 3 aliphatic rings.